The molecule has 3 rings (SSSR count). The van der Waals surface area contributed by atoms with Crippen molar-refractivity contribution in [3.8, 4) is 0 Å². The lowest BCUT2D eigenvalue weighted by atomic mass is 9.64. The fourth-order valence-electron chi connectivity index (χ4n) is 4.49. The van der Waals surface area contributed by atoms with E-state index in [1.807, 2.05) is 0 Å². The van der Waals surface area contributed by atoms with Gasteiger partial charge in [-0.2, -0.15) is 0 Å². The van der Waals surface area contributed by atoms with Crippen LogP contribution in [0.2, 0.25) is 0 Å². The number of nitrogens with two attached hydrogens (primary N) is 1. The molecule has 3 nitrogen and oxygen atoms in total. The molecule has 0 radical (unpaired) electrons. The highest BCUT2D eigenvalue weighted by molar-refractivity contribution is 7.09. The van der Waals surface area contributed by atoms with E-state index < -0.39 is 0 Å². The van der Waals surface area contributed by atoms with Crippen molar-refractivity contribution in [2.45, 2.75) is 52.1 Å². The van der Waals surface area contributed by atoms with E-state index in [-0.39, 0.29) is 16.9 Å². The van der Waals surface area contributed by atoms with Crippen molar-refractivity contribution in [3.05, 3.63) is 22.4 Å². The number of hydrogen-bond acceptors (Lipinski definition) is 2. The van der Waals surface area contributed by atoms with Crippen LogP contribution in [0.4, 0.5) is 0 Å². The molecular formula is C17H27N2OS+. The molecule has 2 aliphatic carbocycles. The summed E-state index contributed by atoms with van der Waals surface area (Å²) < 4.78 is 0. The molecular weight excluding hydrogens is 280 g/mol. The van der Waals surface area contributed by atoms with Gasteiger partial charge < -0.3 is 10.6 Å². The molecule has 3 atom stereocenters. The number of hydrogen-bond donors (Lipinski definition) is 2. The van der Waals surface area contributed by atoms with Gasteiger partial charge in [-0.05, 0) is 54.9 Å². The molecule has 1 amide bonds. The van der Waals surface area contributed by atoms with Gasteiger partial charge in [0.1, 0.15) is 6.54 Å². The van der Waals surface area contributed by atoms with Crippen LogP contribution in [-0.2, 0) is 11.3 Å². The van der Waals surface area contributed by atoms with Crippen molar-refractivity contribution in [2.75, 3.05) is 6.54 Å². The lowest BCUT2D eigenvalue weighted by Gasteiger charge is -2.48. The molecule has 0 aromatic carbocycles. The summed E-state index contributed by atoms with van der Waals surface area (Å²) in [6.07, 6.45) is 3.92. The lowest BCUT2D eigenvalue weighted by molar-refractivity contribution is -0.659. The van der Waals surface area contributed by atoms with E-state index in [1.165, 1.54) is 24.1 Å². The minimum absolute atomic E-state index is 0.0240. The number of fused-ring (bicyclic) bond motifs is 2. The summed E-state index contributed by atoms with van der Waals surface area (Å²) in [7, 11) is 0. The van der Waals surface area contributed by atoms with Gasteiger partial charge in [-0.15, -0.1) is 11.3 Å². The predicted octanol–water partition coefficient (Wildman–Crippen LogP) is 2.14. The van der Waals surface area contributed by atoms with Gasteiger partial charge in [0.15, 0.2) is 6.54 Å². The molecule has 0 aliphatic heterocycles. The van der Waals surface area contributed by atoms with E-state index in [0.29, 0.717) is 12.5 Å². The van der Waals surface area contributed by atoms with Gasteiger partial charge in [0, 0.05) is 5.54 Å². The van der Waals surface area contributed by atoms with Crippen LogP contribution in [0, 0.1) is 17.3 Å². The van der Waals surface area contributed by atoms with E-state index in [1.54, 1.807) is 11.3 Å². The van der Waals surface area contributed by atoms with E-state index in [9.17, 15) is 4.79 Å². The molecule has 0 spiro atoms. The van der Waals surface area contributed by atoms with Gasteiger partial charge in [0.2, 0.25) is 0 Å². The van der Waals surface area contributed by atoms with E-state index in [4.69, 9.17) is 0 Å². The average molecular weight is 307 g/mol. The zero-order valence-corrected chi connectivity index (χ0v) is 14.1. The van der Waals surface area contributed by atoms with Crippen molar-refractivity contribution in [1.82, 2.24) is 5.32 Å². The van der Waals surface area contributed by atoms with Crippen LogP contribution in [0.1, 0.15) is 44.9 Å². The molecule has 116 valence electrons. The molecule has 1 aromatic rings. The number of rotatable bonds is 5. The summed E-state index contributed by atoms with van der Waals surface area (Å²) in [5.41, 5.74) is 0.198. The third kappa shape index (κ3) is 2.53. The third-order valence-electron chi connectivity index (χ3n) is 6.26. The highest BCUT2D eigenvalue weighted by Gasteiger charge is 2.60. The van der Waals surface area contributed by atoms with E-state index in [2.05, 4.69) is 48.9 Å². The van der Waals surface area contributed by atoms with Crippen LogP contribution in [-0.4, -0.2) is 18.0 Å². The average Bonchev–Trinajstić information content (AvgIpc) is 3.11. The number of amides is 1. The van der Waals surface area contributed by atoms with Gasteiger partial charge >= 0.3 is 0 Å². The number of thiophene rings is 1. The molecule has 3 N–H and O–H groups in total. The van der Waals surface area contributed by atoms with Crippen molar-refractivity contribution in [3.63, 3.8) is 0 Å². The van der Waals surface area contributed by atoms with E-state index >= 15 is 0 Å². The minimum atomic E-state index is -0.0240. The first kappa shape index (κ1) is 15.0. The normalized spacial score (nSPS) is 33.3. The van der Waals surface area contributed by atoms with Crippen LogP contribution in [0.3, 0.4) is 0 Å². The first-order valence-electron chi connectivity index (χ1n) is 8.08. The maximum atomic E-state index is 12.4. The fourth-order valence-corrected chi connectivity index (χ4v) is 5.19. The Morgan fingerprint density at radius 1 is 1.38 bits per heavy atom. The third-order valence-corrected chi connectivity index (χ3v) is 7.16. The second-order valence-electron chi connectivity index (χ2n) is 7.46. The standard InChI is InChI=1S/C17H26N2OS/c1-16(2)12-6-7-13(9-12)17(16,3)19-15(20)11-18-10-14-5-4-8-21-14/h4-5,8,12-13,18H,6-7,9-11H2,1-3H3,(H,19,20)/p+1/t12-,13+,17-/m1/s1. The first-order chi connectivity index (χ1) is 9.93. The largest absolute Gasteiger partial charge is 0.345 e. The highest BCUT2D eigenvalue weighted by atomic mass is 32.1. The second kappa shape index (κ2) is 5.40. The number of carbonyl (C=O) groups excluding carboxylic acids is 1. The van der Waals surface area contributed by atoms with Gasteiger partial charge in [0.05, 0.1) is 4.88 Å². The Hall–Kier alpha value is -0.870. The Bertz CT molecular complexity index is 511. The fraction of sp³-hybridized carbons (Fsp3) is 0.706. The molecule has 21 heavy (non-hydrogen) atoms. The Labute approximate surface area is 131 Å². The Kier molecular flexibility index (Phi) is 3.87. The van der Waals surface area contributed by atoms with Crippen LogP contribution in [0.25, 0.3) is 0 Å². The van der Waals surface area contributed by atoms with Gasteiger partial charge in [0.25, 0.3) is 5.91 Å². The monoisotopic (exact) mass is 307 g/mol. The van der Waals surface area contributed by atoms with Crippen molar-refractivity contribution < 1.29 is 10.1 Å². The predicted molar refractivity (Wildman–Crippen MR) is 86.0 cm³/mol. The smallest absolute Gasteiger partial charge is 0.275 e. The van der Waals surface area contributed by atoms with Crippen LogP contribution < -0.4 is 10.6 Å². The quantitative estimate of drug-likeness (QED) is 0.860. The van der Waals surface area contributed by atoms with E-state index in [0.717, 1.165) is 12.5 Å². The summed E-state index contributed by atoms with van der Waals surface area (Å²) >= 11 is 1.75. The molecule has 4 heteroatoms. The van der Waals surface area contributed by atoms with Gasteiger partial charge in [-0.25, -0.2) is 0 Å². The highest BCUT2D eigenvalue weighted by Crippen LogP contribution is 2.61. The zero-order chi connectivity index (χ0) is 15.1. The summed E-state index contributed by atoms with van der Waals surface area (Å²) in [5.74, 6) is 1.64. The second-order valence-corrected chi connectivity index (χ2v) is 8.49. The van der Waals surface area contributed by atoms with Crippen LogP contribution in [0.5, 0.6) is 0 Å². The van der Waals surface area contributed by atoms with Gasteiger partial charge in [-0.3, -0.25) is 4.79 Å². The summed E-state index contributed by atoms with van der Waals surface area (Å²) in [6.45, 7) is 8.38. The molecule has 0 saturated heterocycles. The number of carbonyl (C=O) groups is 1. The van der Waals surface area contributed by atoms with Crippen LogP contribution >= 0.6 is 11.3 Å². The molecule has 0 unspecified atom stereocenters. The Morgan fingerprint density at radius 2 is 2.14 bits per heavy atom. The van der Waals surface area contributed by atoms with Crippen molar-refractivity contribution >= 4 is 17.2 Å². The molecule has 1 aromatic heterocycles. The van der Waals surface area contributed by atoms with Crippen LogP contribution in [0.15, 0.2) is 17.5 Å². The summed E-state index contributed by atoms with van der Waals surface area (Å²) in [5, 5.41) is 7.58. The topological polar surface area (TPSA) is 45.7 Å². The SMILES string of the molecule is CC1(C)[C@@H]2CC[C@@H](C2)[C@@]1(C)NC(=O)C[NH2+]Cc1cccs1. The van der Waals surface area contributed by atoms with Crippen molar-refractivity contribution in [2.24, 2.45) is 17.3 Å². The summed E-state index contributed by atoms with van der Waals surface area (Å²) in [6, 6.07) is 4.19. The lowest BCUT2D eigenvalue weighted by Crippen LogP contribution is -2.85. The Morgan fingerprint density at radius 3 is 2.76 bits per heavy atom. The molecule has 2 aliphatic rings. The maximum absolute atomic E-state index is 12.4. The summed E-state index contributed by atoms with van der Waals surface area (Å²) in [4.78, 5) is 13.7. The zero-order valence-electron chi connectivity index (χ0n) is 13.3. The first-order valence-corrected chi connectivity index (χ1v) is 8.96. The maximum Gasteiger partial charge on any atom is 0.275 e. The van der Waals surface area contributed by atoms with Gasteiger partial charge in [-0.1, -0.05) is 19.9 Å². The molecule has 2 fully saturated rings. The molecule has 2 saturated carbocycles. The molecule has 2 bridgehead atoms. The Balaban J connectivity index is 1.54. The number of nitrogens with one attached hydrogen (secondary N) is 1. The number of quaternary nitrogens is 1. The minimum Gasteiger partial charge on any atom is -0.345 e. The molecule has 1 heterocycles. The van der Waals surface area contributed by atoms with Crippen molar-refractivity contribution in [1.29, 1.82) is 0 Å².